The first-order chi connectivity index (χ1) is 31.5. The molecule has 4 atom stereocenters. The zero-order valence-corrected chi connectivity index (χ0v) is 36.9. The van der Waals surface area contributed by atoms with Gasteiger partial charge in [-0.3, -0.25) is 28.8 Å². The fraction of sp³-hybridized carbons (Fsp3) is 0.348. The van der Waals surface area contributed by atoms with Gasteiger partial charge in [-0.15, -0.1) is 10.2 Å². The Hall–Kier alpha value is -7.90. The Balaban J connectivity index is 1.29. The smallest absolute Gasteiger partial charge is 0.326 e. The molecule has 0 saturated carbocycles. The molecule has 0 saturated heterocycles. The van der Waals surface area contributed by atoms with E-state index in [1.165, 1.54) is 36.4 Å². The number of carboxylic acids is 2. The van der Waals surface area contributed by atoms with Crippen LogP contribution in [0.3, 0.4) is 0 Å². The van der Waals surface area contributed by atoms with Crippen molar-refractivity contribution in [3.63, 3.8) is 0 Å². The quantitative estimate of drug-likeness (QED) is 0.0471. The van der Waals surface area contributed by atoms with Crippen molar-refractivity contribution in [2.75, 3.05) is 13.1 Å². The molecule has 20 nitrogen and oxygen atoms in total. The monoisotopic (exact) mass is 906 g/mol. The third-order valence-corrected chi connectivity index (χ3v) is 9.52. The van der Waals surface area contributed by atoms with E-state index in [4.69, 9.17) is 0 Å². The Labute approximate surface area is 380 Å². The summed E-state index contributed by atoms with van der Waals surface area (Å²) in [6.07, 6.45) is 0.478. The lowest BCUT2D eigenvalue weighted by molar-refractivity contribution is -0.142. The summed E-state index contributed by atoms with van der Waals surface area (Å²) in [5.74, 6) is -6.86. The third kappa shape index (κ3) is 17.3. The SMILES string of the molecule is CC(C)C[C@H](NC(=O)CNC(=O)c1cccc(/N=N/c2cccc(C(=O)NCC(=O)N[C@@H](CC(C)C)C(=O)N[C@@H](Cc3ccccc3)C(=O)O)n2)n1)C(=O)N[C@@H](Cc1ccccc1)C(=O)O. The molecule has 0 aliphatic heterocycles. The molecule has 0 aliphatic carbocycles. The molecule has 0 spiro atoms. The predicted octanol–water partition coefficient (Wildman–Crippen LogP) is 3.04. The zero-order valence-electron chi connectivity index (χ0n) is 36.9. The molecule has 348 valence electrons. The highest BCUT2D eigenvalue weighted by Gasteiger charge is 2.29. The number of carbonyl (C=O) groups is 8. The van der Waals surface area contributed by atoms with Gasteiger partial charge in [-0.1, -0.05) is 100 Å². The molecule has 4 rings (SSSR count). The Morgan fingerprint density at radius 2 is 0.848 bits per heavy atom. The highest BCUT2D eigenvalue weighted by atomic mass is 16.4. The first-order valence-corrected chi connectivity index (χ1v) is 21.1. The van der Waals surface area contributed by atoms with E-state index in [-0.39, 0.29) is 60.5 Å². The molecular formula is C46H54N10O10. The number of carboxylic acid groups (broad SMARTS) is 2. The van der Waals surface area contributed by atoms with Crippen molar-refractivity contribution in [2.24, 2.45) is 22.1 Å². The summed E-state index contributed by atoms with van der Waals surface area (Å²) in [7, 11) is 0. The average Bonchev–Trinajstić information content (AvgIpc) is 3.28. The Kier molecular flexibility index (Phi) is 19.5. The number of nitrogens with one attached hydrogen (secondary N) is 6. The maximum atomic E-state index is 13.2. The minimum atomic E-state index is -1.24. The number of aliphatic carboxylic acids is 2. The van der Waals surface area contributed by atoms with Gasteiger partial charge in [-0.05, 0) is 60.1 Å². The molecule has 2 aromatic carbocycles. The summed E-state index contributed by atoms with van der Waals surface area (Å²) in [4.78, 5) is 110. The lowest BCUT2D eigenvalue weighted by Gasteiger charge is -2.23. The first kappa shape index (κ1) is 50.7. The van der Waals surface area contributed by atoms with Gasteiger partial charge in [0.05, 0.1) is 13.1 Å². The molecule has 6 amide bonds. The third-order valence-electron chi connectivity index (χ3n) is 9.52. The van der Waals surface area contributed by atoms with Crippen molar-refractivity contribution in [1.82, 2.24) is 41.9 Å². The van der Waals surface area contributed by atoms with Gasteiger partial charge in [0.1, 0.15) is 35.6 Å². The lowest BCUT2D eigenvalue weighted by atomic mass is 10.0. The standard InChI is InChI=1S/C46H54N10O10/c1-27(2)21-33(43(61)53-35(45(63)64)23-29-13-7-5-8-14-29)51-39(57)25-47-41(59)31-17-11-19-37(49-31)55-56-38-20-12-18-32(50-38)42(60)48-26-40(58)52-34(22-28(3)4)44(62)54-36(46(65)66)24-30-15-9-6-10-16-30/h5-20,27-28,33-36H,21-26H2,1-4H3,(H,47,59)(H,48,60)(H,51,57)(H,52,58)(H,53,61)(H,54,62)(H,63,64)(H,65,66)/b56-55+/t33-,34-,35-,36-/m0/s1. The molecule has 8 N–H and O–H groups in total. The normalized spacial score (nSPS) is 12.9. The maximum absolute atomic E-state index is 13.2. The van der Waals surface area contributed by atoms with Crippen LogP contribution in [0.25, 0.3) is 0 Å². The van der Waals surface area contributed by atoms with Gasteiger partial charge in [0.25, 0.3) is 11.8 Å². The second-order valence-electron chi connectivity index (χ2n) is 16.0. The second kappa shape index (κ2) is 25.4. The molecule has 0 fully saturated rings. The molecule has 0 aliphatic rings. The van der Waals surface area contributed by atoms with Crippen LogP contribution in [-0.2, 0) is 41.6 Å². The van der Waals surface area contributed by atoms with Gasteiger partial charge in [-0.2, -0.15) is 0 Å². The van der Waals surface area contributed by atoms with Crippen LogP contribution in [0.5, 0.6) is 0 Å². The van der Waals surface area contributed by atoms with Gasteiger partial charge < -0.3 is 42.1 Å². The van der Waals surface area contributed by atoms with Crippen molar-refractivity contribution in [3.8, 4) is 0 Å². The number of azo groups is 1. The summed E-state index contributed by atoms with van der Waals surface area (Å²) in [6, 6.07) is 21.5. The molecule has 0 bridgehead atoms. The Bertz CT molecular complexity index is 2200. The number of carbonyl (C=O) groups excluding carboxylic acids is 6. The van der Waals surface area contributed by atoms with Gasteiger partial charge in [0.2, 0.25) is 23.6 Å². The summed E-state index contributed by atoms with van der Waals surface area (Å²) in [5.41, 5.74) is 1.16. The summed E-state index contributed by atoms with van der Waals surface area (Å²) < 4.78 is 0. The number of hydrogen-bond acceptors (Lipinski definition) is 12. The molecule has 0 unspecified atom stereocenters. The van der Waals surface area contributed by atoms with E-state index < -0.39 is 84.6 Å². The molecule has 2 aromatic heterocycles. The Morgan fingerprint density at radius 1 is 0.485 bits per heavy atom. The zero-order chi connectivity index (χ0) is 48.2. The largest absolute Gasteiger partial charge is 0.480 e. The van der Waals surface area contributed by atoms with Crippen molar-refractivity contribution in [2.45, 2.75) is 77.5 Å². The first-order valence-electron chi connectivity index (χ1n) is 21.1. The summed E-state index contributed by atoms with van der Waals surface area (Å²) in [6.45, 7) is 6.28. The fourth-order valence-electron chi connectivity index (χ4n) is 6.36. The van der Waals surface area contributed by atoms with Crippen molar-refractivity contribution >= 4 is 59.0 Å². The van der Waals surface area contributed by atoms with Gasteiger partial charge in [0.15, 0.2) is 11.6 Å². The van der Waals surface area contributed by atoms with Crippen LogP contribution in [0.1, 0.15) is 72.6 Å². The lowest BCUT2D eigenvalue weighted by Crippen LogP contribution is -2.54. The van der Waals surface area contributed by atoms with E-state index in [0.29, 0.717) is 11.1 Å². The predicted molar refractivity (Wildman–Crippen MR) is 240 cm³/mol. The van der Waals surface area contributed by atoms with Gasteiger partial charge in [0, 0.05) is 12.8 Å². The number of rotatable bonds is 24. The topological polar surface area (TPSA) is 300 Å². The molecule has 66 heavy (non-hydrogen) atoms. The molecule has 4 aromatic rings. The number of aromatic nitrogens is 2. The summed E-state index contributed by atoms with van der Waals surface area (Å²) in [5, 5.41) is 42.5. The van der Waals surface area contributed by atoms with Gasteiger partial charge in [-0.25, -0.2) is 19.6 Å². The number of benzene rings is 2. The van der Waals surface area contributed by atoms with Crippen molar-refractivity contribution in [3.05, 3.63) is 120 Å². The molecule has 0 radical (unpaired) electrons. The van der Waals surface area contributed by atoms with Crippen LogP contribution in [-0.4, -0.2) is 105 Å². The van der Waals surface area contributed by atoms with Crippen LogP contribution in [0, 0.1) is 11.8 Å². The number of hydrogen-bond donors (Lipinski definition) is 8. The maximum Gasteiger partial charge on any atom is 0.326 e. The molecule has 20 heteroatoms. The number of pyridine rings is 2. The van der Waals surface area contributed by atoms with E-state index in [1.807, 2.05) is 27.7 Å². The highest BCUT2D eigenvalue weighted by Crippen LogP contribution is 2.16. The highest BCUT2D eigenvalue weighted by molar-refractivity contribution is 5.97. The molecular weight excluding hydrogens is 853 g/mol. The van der Waals surface area contributed by atoms with E-state index in [2.05, 4.69) is 52.1 Å². The van der Waals surface area contributed by atoms with Gasteiger partial charge >= 0.3 is 11.9 Å². The van der Waals surface area contributed by atoms with Crippen molar-refractivity contribution in [1.29, 1.82) is 0 Å². The fourth-order valence-corrected chi connectivity index (χ4v) is 6.36. The van der Waals surface area contributed by atoms with E-state index in [1.54, 1.807) is 60.7 Å². The van der Waals surface area contributed by atoms with Crippen LogP contribution < -0.4 is 31.9 Å². The minimum absolute atomic E-state index is 0.0210. The number of nitrogens with zero attached hydrogens (tertiary/aromatic N) is 4. The average molecular weight is 907 g/mol. The van der Waals surface area contributed by atoms with Crippen LogP contribution >= 0.6 is 0 Å². The molecule has 2 heterocycles. The summed E-state index contributed by atoms with van der Waals surface area (Å²) >= 11 is 0. The van der Waals surface area contributed by atoms with Crippen molar-refractivity contribution < 1.29 is 48.6 Å². The van der Waals surface area contributed by atoms with Crippen LogP contribution in [0.4, 0.5) is 11.6 Å². The minimum Gasteiger partial charge on any atom is -0.480 e. The van der Waals surface area contributed by atoms with Crippen LogP contribution in [0.15, 0.2) is 107 Å². The van der Waals surface area contributed by atoms with E-state index in [0.717, 1.165) is 0 Å². The van der Waals surface area contributed by atoms with E-state index in [9.17, 15) is 48.6 Å². The van der Waals surface area contributed by atoms with E-state index >= 15 is 0 Å². The van der Waals surface area contributed by atoms with Crippen LogP contribution in [0.2, 0.25) is 0 Å². The Morgan fingerprint density at radius 3 is 1.18 bits per heavy atom. The number of amides is 6. The second-order valence-corrected chi connectivity index (χ2v) is 16.0.